The molecule has 1 saturated heterocycles. The maximum absolute atomic E-state index is 6.12. The SMILES string of the molecule is CCCNC(COC1CCOCC1)c1ccc(C)c(C)c1. The molecule has 118 valence electrons. The summed E-state index contributed by atoms with van der Waals surface area (Å²) in [5.74, 6) is 0. The molecular formula is C18H29NO2. The molecule has 3 heteroatoms. The zero-order valence-corrected chi connectivity index (χ0v) is 13.7. The standard InChI is InChI=1S/C18H29NO2/c1-4-9-19-18(13-21-17-7-10-20-11-8-17)16-6-5-14(2)15(3)12-16/h5-6,12,17-19H,4,7-11,13H2,1-3H3. The molecule has 1 aliphatic rings. The van der Waals surface area contributed by atoms with E-state index in [0.29, 0.717) is 6.10 Å². The van der Waals surface area contributed by atoms with Gasteiger partial charge in [-0.25, -0.2) is 0 Å². The summed E-state index contributed by atoms with van der Waals surface area (Å²) in [6.45, 7) is 9.97. The van der Waals surface area contributed by atoms with Gasteiger partial charge in [-0.1, -0.05) is 25.1 Å². The molecule has 0 aliphatic carbocycles. The Hall–Kier alpha value is -0.900. The molecule has 1 heterocycles. The van der Waals surface area contributed by atoms with Crippen molar-refractivity contribution in [2.24, 2.45) is 0 Å². The molecule has 0 saturated carbocycles. The molecule has 1 aromatic rings. The lowest BCUT2D eigenvalue weighted by Crippen LogP contribution is -2.31. The summed E-state index contributed by atoms with van der Waals surface area (Å²) in [6.07, 6.45) is 3.54. The van der Waals surface area contributed by atoms with E-state index in [4.69, 9.17) is 9.47 Å². The van der Waals surface area contributed by atoms with Crippen LogP contribution in [-0.4, -0.2) is 32.5 Å². The van der Waals surface area contributed by atoms with Crippen LogP contribution >= 0.6 is 0 Å². The normalized spacial score (nSPS) is 17.9. The van der Waals surface area contributed by atoms with Crippen molar-refractivity contribution in [3.63, 3.8) is 0 Å². The Kier molecular flexibility index (Phi) is 6.68. The molecule has 0 amide bonds. The molecule has 1 unspecified atom stereocenters. The van der Waals surface area contributed by atoms with Crippen LogP contribution in [0.15, 0.2) is 18.2 Å². The van der Waals surface area contributed by atoms with Gasteiger partial charge in [0, 0.05) is 13.2 Å². The van der Waals surface area contributed by atoms with Crippen molar-refractivity contribution in [1.82, 2.24) is 5.32 Å². The van der Waals surface area contributed by atoms with E-state index in [-0.39, 0.29) is 6.04 Å². The Morgan fingerprint density at radius 3 is 2.67 bits per heavy atom. The second-order valence-electron chi connectivity index (χ2n) is 6.00. The highest BCUT2D eigenvalue weighted by Gasteiger charge is 2.18. The first-order chi connectivity index (χ1) is 10.2. The van der Waals surface area contributed by atoms with E-state index < -0.39 is 0 Å². The van der Waals surface area contributed by atoms with E-state index >= 15 is 0 Å². The highest BCUT2D eigenvalue weighted by molar-refractivity contribution is 5.31. The van der Waals surface area contributed by atoms with Crippen LogP contribution in [0.2, 0.25) is 0 Å². The first kappa shape index (κ1) is 16.5. The Labute approximate surface area is 129 Å². The van der Waals surface area contributed by atoms with Gasteiger partial charge in [0.25, 0.3) is 0 Å². The number of hydrogen-bond acceptors (Lipinski definition) is 3. The van der Waals surface area contributed by atoms with Crippen LogP contribution in [-0.2, 0) is 9.47 Å². The highest BCUT2D eigenvalue weighted by Crippen LogP contribution is 2.20. The third kappa shape index (κ3) is 5.10. The minimum Gasteiger partial charge on any atom is -0.381 e. The van der Waals surface area contributed by atoms with Crippen LogP contribution in [0, 0.1) is 13.8 Å². The predicted octanol–water partition coefficient (Wildman–Crippen LogP) is 3.54. The third-order valence-electron chi connectivity index (χ3n) is 4.24. The summed E-state index contributed by atoms with van der Waals surface area (Å²) >= 11 is 0. The lowest BCUT2D eigenvalue weighted by atomic mass is 10.0. The van der Waals surface area contributed by atoms with Crippen LogP contribution in [0.4, 0.5) is 0 Å². The minimum atomic E-state index is 0.284. The third-order valence-corrected chi connectivity index (χ3v) is 4.24. The number of rotatable bonds is 7. The van der Waals surface area contributed by atoms with Crippen LogP contribution in [0.3, 0.4) is 0 Å². The molecule has 1 fully saturated rings. The zero-order chi connectivity index (χ0) is 15.1. The second-order valence-corrected chi connectivity index (χ2v) is 6.00. The first-order valence-electron chi connectivity index (χ1n) is 8.20. The molecule has 1 aliphatic heterocycles. The average molecular weight is 291 g/mol. The van der Waals surface area contributed by atoms with Gasteiger partial charge in [-0.2, -0.15) is 0 Å². The molecule has 21 heavy (non-hydrogen) atoms. The van der Waals surface area contributed by atoms with Gasteiger partial charge in [0.2, 0.25) is 0 Å². The summed E-state index contributed by atoms with van der Waals surface area (Å²) in [7, 11) is 0. The van der Waals surface area contributed by atoms with Gasteiger partial charge < -0.3 is 14.8 Å². The molecule has 1 atom stereocenters. The van der Waals surface area contributed by atoms with Crippen molar-refractivity contribution < 1.29 is 9.47 Å². The van der Waals surface area contributed by atoms with Crippen molar-refractivity contribution in [2.45, 2.75) is 52.2 Å². The molecule has 0 radical (unpaired) electrons. The Bertz CT molecular complexity index is 427. The van der Waals surface area contributed by atoms with E-state index in [1.165, 1.54) is 16.7 Å². The molecule has 2 rings (SSSR count). The highest BCUT2D eigenvalue weighted by atomic mass is 16.5. The van der Waals surface area contributed by atoms with E-state index in [1.54, 1.807) is 0 Å². The topological polar surface area (TPSA) is 30.5 Å². The van der Waals surface area contributed by atoms with Gasteiger partial charge in [0.1, 0.15) is 0 Å². The van der Waals surface area contributed by atoms with Crippen molar-refractivity contribution in [2.75, 3.05) is 26.4 Å². The number of aryl methyl sites for hydroxylation is 2. The van der Waals surface area contributed by atoms with E-state index in [9.17, 15) is 0 Å². The van der Waals surface area contributed by atoms with Gasteiger partial charge in [-0.05, 0) is 56.3 Å². The summed E-state index contributed by atoms with van der Waals surface area (Å²) in [5, 5.41) is 3.62. The quantitative estimate of drug-likeness (QED) is 0.833. The summed E-state index contributed by atoms with van der Waals surface area (Å²) < 4.78 is 11.5. The minimum absolute atomic E-state index is 0.284. The van der Waals surface area contributed by atoms with Gasteiger partial charge in [0.05, 0.1) is 18.8 Å². The van der Waals surface area contributed by atoms with Crippen LogP contribution < -0.4 is 5.32 Å². The molecule has 3 nitrogen and oxygen atoms in total. The largest absolute Gasteiger partial charge is 0.381 e. The first-order valence-corrected chi connectivity index (χ1v) is 8.20. The number of hydrogen-bond donors (Lipinski definition) is 1. The molecule has 0 bridgehead atoms. The number of benzene rings is 1. The van der Waals surface area contributed by atoms with Gasteiger partial charge in [-0.15, -0.1) is 0 Å². The average Bonchev–Trinajstić information content (AvgIpc) is 2.51. The van der Waals surface area contributed by atoms with Crippen LogP contribution in [0.5, 0.6) is 0 Å². The Morgan fingerprint density at radius 2 is 2.00 bits per heavy atom. The maximum Gasteiger partial charge on any atom is 0.0665 e. The van der Waals surface area contributed by atoms with E-state index in [1.807, 2.05) is 0 Å². The fourth-order valence-corrected chi connectivity index (χ4v) is 2.65. The lowest BCUT2D eigenvalue weighted by molar-refractivity contribution is -0.0383. The zero-order valence-electron chi connectivity index (χ0n) is 13.7. The Morgan fingerprint density at radius 1 is 1.24 bits per heavy atom. The summed E-state index contributed by atoms with van der Waals surface area (Å²) in [5.41, 5.74) is 4.03. The summed E-state index contributed by atoms with van der Waals surface area (Å²) in [6, 6.07) is 7.01. The molecule has 0 spiro atoms. The number of ether oxygens (including phenoxy) is 2. The van der Waals surface area contributed by atoms with Gasteiger partial charge in [0.15, 0.2) is 0 Å². The van der Waals surface area contributed by atoms with Crippen molar-refractivity contribution >= 4 is 0 Å². The molecule has 1 aromatic carbocycles. The van der Waals surface area contributed by atoms with Crippen LogP contribution in [0.25, 0.3) is 0 Å². The summed E-state index contributed by atoms with van der Waals surface area (Å²) in [4.78, 5) is 0. The van der Waals surface area contributed by atoms with Crippen molar-refractivity contribution in [1.29, 1.82) is 0 Å². The van der Waals surface area contributed by atoms with Crippen molar-refractivity contribution in [3.8, 4) is 0 Å². The number of nitrogens with one attached hydrogen (secondary N) is 1. The van der Waals surface area contributed by atoms with Gasteiger partial charge >= 0.3 is 0 Å². The van der Waals surface area contributed by atoms with Gasteiger partial charge in [-0.3, -0.25) is 0 Å². The molecule has 0 aromatic heterocycles. The monoisotopic (exact) mass is 291 g/mol. The van der Waals surface area contributed by atoms with E-state index in [2.05, 4.69) is 44.3 Å². The lowest BCUT2D eigenvalue weighted by Gasteiger charge is -2.26. The maximum atomic E-state index is 6.12. The molecular weight excluding hydrogens is 262 g/mol. The fraction of sp³-hybridized carbons (Fsp3) is 0.667. The second kappa shape index (κ2) is 8.52. The van der Waals surface area contributed by atoms with Crippen LogP contribution in [0.1, 0.15) is 48.9 Å². The fourth-order valence-electron chi connectivity index (χ4n) is 2.65. The Balaban J connectivity index is 1.97. The molecule has 1 N–H and O–H groups in total. The van der Waals surface area contributed by atoms with E-state index in [0.717, 1.165) is 45.6 Å². The smallest absolute Gasteiger partial charge is 0.0665 e. The van der Waals surface area contributed by atoms with Crippen molar-refractivity contribution in [3.05, 3.63) is 34.9 Å². The predicted molar refractivity (Wildman–Crippen MR) is 86.7 cm³/mol.